The van der Waals surface area contributed by atoms with Crippen LogP contribution >= 0.6 is 39.1 Å². The van der Waals surface area contributed by atoms with Crippen LogP contribution in [-0.4, -0.2) is 5.33 Å². The van der Waals surface area contributed by atoms with Crippen LogP contribution in [-0.2, 0) is 6.42 Å². The highest BCUT2D eigenvalue weighted by Gasteiger charge is 2.15. The van der Waals surface area contributed by atoms with Crippen LogP contribution in [0.2, 0.25) is 10.0 Å². The standard InChI is InChI=1S/C15H12BrCl2F/c16-9-12(10-4-6-13(17)7-5-10)8-11-2-1-3-14(18)15(11)19/h1-7,12H,8-9H2. The minimum Gasteiger partial charge on any atom is -0.205 e. The van der Waals surface area contributed by atoms with Gasteiger partial charge >= 0.3 is 0 Å². The second kappa shape index (κ2) is 6.74. The normalized spacial score (nSPS) is 12.4. The Morgan fingerprint density at radius 1 is 1.05 bits per heavy atom. The molecular formula is C15H12BrCl2F. The molecule has 1 atom stereocenters. The van der Waals surface area contributed by atoms with E-state index in [2.05, 4.69) is 15.9 Å². The Hall–Kier alpha value is -0.570. The van der Waals surface area contributed by atoms with Crippen molar-refractivity contribution in [3.05, 3.63) is 69.5 Å². The van der Waals surface area contributed by atoms with Crippen LogP contribution < -0.4 is 0 Å². The van der Waals surface area contributed by atoms with Crippen LogP contribution in [0.3, 0.4) is 0 Å². The van der Waals surface area contributed by atoms with E-state index in [1.807, 2.05) is 24.3 Å². The molecule has 1 unspecified atom stereocenters. The largest absolute Gasteiger partial charge is 0.205 e. The SMILES string of the molecule is Fc1c(Cl)cccc1CC(CBr)c1ccc(Cl)cc1. The lowest BCUT2D eigenvalue weighted by Gasteiger charge is -2.15. The average Bonchev–Trinajstić information content (AvgIpc) is 2.42. The molecule has 0 aliphatic rings. The van der Waals surface area contributed by atoms with Crippen molar-refractivity contribution in [1.82, 2.24) is 0 Å². The topological polar surface area (TPSA) is 0 Å². The summed E-state index contributed by atoms with van der Waals surface area (Å²) in [7, 11) is 0. The van der Waals surface area contributed by atoms with Crippen molar-refractivity contribution in [2.24, 2.45) is 0 Å². The van der Waals surface area contributed by atoms with Crippen molar-refractivity contribution < 1.29 is 4.39 Å². The molecule has 0 aliphatic carbocycles. The first-order chi connectivity index (χ1) is 9.11. The lowest BCUT2D eigenvalue weighted by Crippen LogP contribution is -2.06. The zero-order valence-electron chi connectivity index (χ0n) is 10.0. The summed E-state index contributed by atoms with van der Waals surface area (Å²) in [5, 5.41) is 1.62. The van der Waals surface area contributed by atoms with Crippen LogP contribution in [0.1, 0.15) is 17.0 Å². The molecule has 0 saturated heterocycles. The number of rotatable bonds is 4. The van der Waals surface area contributed by atoms with E-state index in [0.29, 0.717) is 17.0 Å². The zero-order chi connectivity index (χ0) is 13.8. The highest BCUT2D eigenvalue weighted by molar-refractivity contribution is 9.09. The van der Waals surface area contributed by atoms with Gasteiger partial charge in [0.15, 0.2) is 0 Å². The third-order valence-corrected chi connectivity index (χ3v) is 4.35. The molecule has 0 radical (unpaired) electrons. The lowest BCUT2D eigenvalue weighted by molar-refractivity contribution is 0.600. The van der Waals surface area contributed by atoms with Gasteiger partial charge in [0.1, 0.15) is 5.82 Å². The van der Waals surface area contributed by atoms with Gasteiger partial charge < -0.3 is 0 Å². The predicted molar refractivity (Wildman–Crippen MR) is 83.1 cm³/mol. The Labute approximate surface area is 130 Å². The third kappa shape index (κ3) is 3.71. The van der Waals surface area contributed by atoms with Gasteiger partial charge in [-0.25, -0.2) is 4.39 Å². The van der Waals surface area contributed by atoms with Crippen LogP contribution in [0.15, 0.2) is 42.5 Å². The van der Waals surface area contributed by atoms with E-state index in [1.165, 1.54) is 0 Å². The molecule has 2 aromatic rings. The van der Waals surface area contributed by atoms with E-state index in [1.54, 1.807) is 18.2 Å². The molecule has 4 heteroatoms. The van der Waals surface area contributed by atoms with Gasteiger partial charge in [0.05, 0.1) is 5.02 Å². The number of alkyl halides is 1. The number of halogens is 4. The van der Waals surface area contributed by atoms with Crippen molar-refractivity contribution in [2.45, 2.75) is 12.3 Å². The monoisotopic (exact) mass is 360 g/mol. The molecule has 0 fully saturated rings. The molecular weight excluding hydrogens is 350 g/mol. The molecule has 2 rings (SSSR count). The molecule has 0 amide bonds. The van der Waals surface area contributed by atoms with E-state index in [0.717, 1.165) is 10.9 Å². The molecule has 19 heavy (non-hydrogen) atoms. The predicted octanol–water partition coefficient (Wildman–Crippen LogP) is 5.85. The van der Waals surface area contributed by atoms with Gasteiger partial charge in [-0.2, -0.15) is 0 Å². The second-order valence-corrected chi connectivity index (χ2v) is 5.81. The molecule has 0 nitrogen and oxygen atoms in total. The van der Waals surface area contributed by atoms with Crippen LogP contribution in [0.25, 0.3) is 0 Å². The first kappa shape index (κ1) is 14.8. The summed E-state index contributed by atoms with van der Waals surface area (Å²) in [4.78, 5) is 0. The zero-order valence-corrected chi connectivity index (χ0v) is 13.1. The van der Waals surface area contributed by atoms with E-state index in [9.17, 15) is 4.39 Å². The van der Waals surface area contributed by atoms with Crippen molar-refractivity contribution in [2.75, 3.05) is 5.33 Å². The summed E-state index contributed by atoms with van der Waals surface area (Å²) in [6.45, 7) is 0. The first-order valence-electron chi connectivity index (χ1n) is 5.86. The summed E-state index contributed by atoms with van der Waals surface area (Å²) in [6, 6.07) is 12.7. The van der Waals surface area contributed by atoms with Gasteiger partial charge in [0.25, 0.3) is 0 Å². The van der Waals surface area contributed by atoms with Crippen LogP contribution in [0.4, 0.5) is 4.39 Å². The molecule has 0 bridgehead atoms. The smallest absolute Gasteiger partial charge is 0.144 e. The highest BCUT2D eigenvalue weighted by Crippen LogP contribution is 2.27. The van der Waals surface area contributed by atoms with E-state index >= 15 is 0 Å². The van der Waals surface area contributed by atoms with Crippen molar-refractivity contribution in [1.29, 1.82) is 0 Å². The van der Waals surface area contributed by atoms with Crippen LogP contribution in [0, 0.1) is 5.82 Å². The van der Waals surface area contributed by atoms with Gasteiger partial charge in [0, 0.05) is 10.4 Å². The Balaban J connectivity index is 2.24. The van der Waals surface area contributed by atoms with Gasteiger partial charge in [-0.05, 0) is 41.7 Å². The maximum absolute atomic E-state index is 13.9. The van der Waals surface area contributed by atoms with Crippen molar-refractivity contribution >= 4 is 39.1 Å². The maximum atomic E-state index is 13.9. The molecule has 0 saturated carbocycles. The molecule has 2 aromatic carbocycles. The maximum Gasteiger partial charge on any atom is 0.144 e. The minimum atomic E-state index is -0.330. The summed E-state index contributed by atoms with van der Waals surface area (Å²) in [6.07, 6.45) is 0.597. The summed E-state index contributed by atoms with van der Waals surface area (Å²) in [5.41, 5.74) is 1.76. The summed E-state index contributed by atoms with van der Waals surface area (Å²) < 4.78 is 13.9. The third-order valence-electron chi connectivity index (χ3n) is 3.03. The van der Waals surface area contributed by atoms with Gasteiger partial charge in [-0.1, -0.05) is 63.4 Å². The molecule has 100 valence electrons. The Morgan fingerprint density at radius 2 is 1.74 bits per heavy atom. The van der Waals surface area contributed by atoms with Crippen molar-refractivity contribution in [3.8, 4) is 0 Å². The fraction of sp³-hybridized carbons (Fsp3) is 0.200. The number of hydrogen-bond acceptors (Lipinski definition) is 0. The Morgan fingerprint density at radius 3 is 2.37 bits per heavy atom. The lowest BCUT2D eigenvalue weighted by atomic mass is 9.93. The molecule has 0 heterocycles. The minimum absolute atomic E-state index is 0.168. The average molecular weight is 362 g/mol. The fourth-order valence-electron chi connectivity index (χ4n) is 1.97. The van der Waals surface area contributed by atoms with Gasteiger partial charge in [-0.15, -0.1) is 0 Å². The summed E-state index contributed by atoms with van der Waals surface area (Å²) in [5.74, 6) is -0.144. The molecule has 0 N–H and O–H groups in total. The number of benzene rings is 2. The van der Waals surface area contributed by atoms with Gasteiger partial charge in [0.2, 0.25) is 0 Å². The van der Waals surface area contributed by atoms with Crippen molar-refractivity contribution in [3.63, 3.8) is 0 Å². The van der Waals surface area contributed by atoms with E-state index in [4.69, 9.17) is 23.2 Å². The summed E-state index contributed by atoms with van der Waals surface area (Å²) >= 11 is 15.2. The number of hydrogen-bond donors (Lipinski definition) is 0. The quantitative estimate of drug-likeness (QED) is 0.599. The molecule has 0 aliphatic heterocycles. The van der Waals surface area contributed by atoms with E-state index in [-0.39, 0.29) is 16.8 Å². The fourth-order valence-corrected chi connectivity index (χ4v) is 2.89. The Kier molecular flexibility index (Phi) is 5.26. The van der Waals surface area contributed by atoms with E-state index < -0.39 is 0 Å². The first-order valence-corrected chi connectivity index (χ1v) is 7.74. The molecule has 0 spiro atoms. The Bertz CT molecular complexity index is 555. The molecule has 0 aromatic heterocycles. The highest BCUT2D eigenvalue weighted by atomic mass is 79.9. The second-order valence-electron chi connectivity index (χ2n) is 4.32. The van der Waals surface area contributed by atoms with Gasteiger partial charge in [-0.3, -0.25) is 0 Å². The van der Waals surface area contributed by atoms with Crippen LogP contribution in [0.5, 0.6) is 0 Å².